The number of benzene rings is 1. The van der Waals surface area contributed by atoms with Crippen molar-refractivity contribution in [2.24, 2.45) is 0 Å². The molecule has 1 aliphatic heterocycles. The molecule has 28 heavy (non-hydrogen) atoms. The van der Waals surface area contributed by atoms with Gasteiger partial charge in [0.15, 0.2) is 0 Å². The second-order valence-corrected chi connectivity index (χ2v) is 8.53. The lowest BCUT2D eigenvalue weighted by Gasteiger charge is -2.38. The van der Waals surface area contributed by atoms with E-state index in [0.717, 1.165) is 53.5 Å². The van der Waals surface area contributed by atoms with Crippen LogP contribution in [0.4, 0.5) is 5.82 Å². The van der Waals surface area contributed by atoms with Crippen molar-refractivity contribution < 1.29 is 4.74 Å². The standard InChI is InChI=1S/C21H28N6O/c1-14-12-27(9-8-26(14)5)19-11-18(22-13-23-19)20-16-10-15(28-21(2,3)4)6-7-17(16)24-25-20/h6-7,10-11,13-14H,8-9,12H2,1-5H3,(H,24,25)/t14-/m0/s1. The molecule has 0 unspecified atom stereocenters. The summed E-state index contributed by atoms with van der Waals surface area (Å²) in [4.78, 5) is 13.7. The number of piperazine rings is 1. The number of ether oxygens (including phenoxy) is 1. The summed E-state index contributed by atoms with van der Waals surface area (Å²) in [7, 11) is 2.17. The van der Waals surface area contributed by atoms with Gasteiger partial charge in [-0.1, -0.05) is 0 Å². The number of hydrogen-bond donors (Lipinski definition) is 1. The molecule has 1 N–H and O–H groups in total. The molecule has 0 aliphatic carbocycles. The Morgan fingerprint density at radius 2 is 1.96 bits per heavy atom. The monoisotopic (exact) mass is 380 g/mol. The van der Waals surface area contributed by atoms with Crippen LogP contribution < -0.4 is 9.64 Å². The van der Waals surface area contributed by atoms with Crippen LogP contribution in [0, 0.1) is 0 Å². The van der Waals surface area contributed by atoms with Crippen LogP contribution in [0.3, 0.4) is 0 Å². The van der Waals surface area contributed by atoms with Gasteiger partial charge in [-0.2, -0.15) is 5.10 Å². The van der Waals surface area contributed by atoms with Crippen LogP contribution in [0.1, 0.15) is 27.7 Å². The molecule has 7 nitrogen and oxygen atoms in total. The molecule has 0 amide bonds. The number of nitrogens with zero attached hydrogens (tertiary/aromatic N) is 5. The Morgan fingerprint density at radius 3 is 2.71 bits per heavy atom. The second-order valence-electron chi connectivity index (χ2n) is 8.53. The molecule has 3 aromatic rings. The number of hydrogen-bond acceptors (Lipinski definition) is 6. The maximum atomic E-state index is 6.02. The fraction of sp³-hybridized carbons (Fsp3) is 0.476. The molecule has 2 aromatic heterocycles. The Kier molecular flexibility index (Phi) is 4.71. The van der Waals surface area contributed by atoms with E-state index in [2.05, 4.69) is 43.9 Å². The van der Waals surface area contributed by atoms with Crippen molar-refractivity contribution in [1.29, 1.82) is 0 Å². The van der Waals surface area contributed by atoms with Crippen molar-refractivity contribution in [3.8, 4) is 17.1 Å². The third-order valence-electron chi connectivity index (χ3n) is 5.14. The predicted octanol–water partition coefficient (Wildman–Crippen LogP) is 3.34. The number of aromatic nitrogens is 4. The number of nitrogens with one attached hydrogen (secondary N) is 1. The minimum Gasteiger partial charge on any atom is -0.488 e. The first-order chi connectivity index (χ1) is 13.3. The van der Waals surface area contributed by atoms with E-state index in [4.69, 9.17) is 4.74 Å². The molecular weight excluding hydrogens is 352 g/mol. The highest BCUT2D eigenvalue weighted by Crippen LogP contribution is 2.30. The minimum absolute atomic E-state index is 0.252. The average Bonchev–Trinajstić information content (AvgIpc) is 3.06. The lowest BCUT2D eigenvalue weighted by atomic mass is 10.1. The molecule has 0 saturated carbocycles. The molecule has 1 fully saturated rings. The van der Waals surface area contributed by atoms with E-state index >= 15 is 0 Å². The largest absolute Gasteiger partial charge is 0.488 e. The van der Waals surface area contributed by atoms with Crippen LogP contribution >= 0.6 is 0 Å². The summed E-state index contributed by atoms with van der Waals surface area (Å²) >= 11 is 0. The Bertz CT molecular complexity index is 976. The van der Waals surface area contributed by atoms with Crippen LogP contribution in [0.5, 0.6) is 5.75 Å². The number of fused-ring (bicyclic) bond motifs is 1. The number of rotatable bonds is 3. The smallest absolute Gasteiger partial charge is 0.132 e. The van der Waals surface area contributed by atoms with E-state index in [1.165, 1.54) is 0 Å². The number of aromatic amines is 1. The van der Waals surface area contributed by atoms with Crippen LogP contribution in [0.2, 0.25) is 0 Å². The van der Waals surface area contributed by atoms with Gasteiger partial charge in [0.05, 0.1) is 11.2 Å². The first-order valence-corrected chi connectivity index (χ1v) is 9.75. The van der Waals surface area contributed by atoms with E-state index in [9.17, 15) is 0 Å². The van der Waals surface area contributed by atoms with Crippen LogP contribution in [-0.2, 0) is 0 Å². The van der Waals surface area contributed by atoms with Gasteiger partial charge >= 0.3 is 0 Å². The summed E-state index contributed by atoms with van der Waals surface area (Å²) in [6, 6.07) is 8.52. The number of H-pyrrole nitrogens is 1. The SMILES string of the molecule is C[C@H]1CN(c2cc(-c3n[nH]c4ccc(OC(C)(C)C)cc34)ncn2)CCN1C. The van der Waals surface area contributed by atoms with E-state index in [-0.39, 0.29) is 5.60 Å². The van der Waals surface area contributed by atoms with Crippen molar-refractivity contribution >= 4 is 16.7 Å². The van der Waals surface area contributed by atoms with Gasteiger partial charge in [-0.25, -0.2) is 9.97 Å². The highest BCUT2D eigenvalue weighted by atomic mass is 16.5. The van der Waals surface area contributed by atoms with E-state index in [1.807, 2.05) is 45.0 Å². The van der Waals surface area contributed by atoms with Gasteiger partial charge in [-0.3, -0.25) is 5.10 Å². The normalized spacial score (nSPS) is 18.6. The van der Waals surface area contributed by atoms with Crippen LogP contribution in [-0.4, -0.2) is 63.4 Å². The second kappa shape index (κ2) is 7.05. The summed E-state index contributed by atoms with van der Waals surface area (Å²) in [6.45, 7) is 11.3. The Hall–Kier alpha value is -2.67. The Labute approximate surface area is 165 Å². The molecule has 4 rings (SSSR count). The van der Waals surface area contributed by atoms with Gasteiger partial charge in [0.25, 0.3) is 0 Å². The van der Waals surface area contributed by atoms with Crippen molar-refractivity contribution in [2.45, 2.75) is 39.3 Å². The fourth-order valence-electron chi connectivity index (χ4n) is 3.51. The highest BCUT2D eigenvalue weighted by molar-refractivity contribution is 5.93. The van der Waals surface area contributed by atoms with Gasteiger partial charge < -0.3 is 14.5 Å². The highest BCUT2D eigenvalue weighted by Gasteiger charge is 2.22. The lowest BCUT2D eigenvalue weighted by molar-refractivity contribution is 0.131. The Balaban J connectivity index is 1.67. The average molecular weight is 380 g/mol. The summed E-state index contributed by atoms with van der Waals surface area (Å²) in [6.07, 6.45) is 1.63. The summed E-state index contributed by atoms with van der Waals surface area (Å²) in [5.41, 5.74) is 2.35. The van der Waals surface area contributed by atoms with Gasteiger partial charge in [-0.15, -0.1) is 0 Å². The molecule has 1 saturated heterocycles. The van der Waals surface area contributed by atoms with Gasteiger partial charge in [0.1, 0.15) is 29.2 Å². The first-order valence-electron chi connectivity index (χ1n) is 9.75. The Morgan fingerprint density at radius 1 is 1.14 bits per heavy atom. The molecule has 148 valence electrons. The van der Waals surface area contributed by atoms with Crippen LogP contribution in [0.25, 0.3) is 22.3 Å². The van der Waals surface area contributed by atoms with Gasteiger partial charge in [-0.05, 0) is 52.9 Å². The van der Waals surface area contributed by atoms with Gasteiger partial charge in [0, 0.05) is 37.1 Å². The van der Waals surface area contributed by atoms with E-state index in [0.29, 0.717) is 6.04 Å². The first kappa shape index (κ1) is 18.7. The third-order valence-corrected chi connectivity index (χ3v) is 5.14. The zero-order chi connectivity index (χ0) is 19.9. The molecule has 7 heteroatoms. The molecule has 0 bridgehead atoms. The topological polar surface area (TPSA) is 70.2 Å². The molecule has 3 heterocycles. The summed E-state index contributed by atoms with van der Waals surface area (Å²) in [5, 5.41) is 8.62. The fourth-order valence-corrected chi connectivity index (χ4v) is 3.51. The summed E-state index contributed by atoms with van der Waals surface area (Å²) < 4.78 is 6.02. The molecule has 0 spiro atoms. The van der Waals surface area contributed by atoms with Crippen molar-refractivity contribution in [3.63, 3.8) is 0 Å². The number of likely N-dealkylation sites (N-methyl/N-ethyl adjacent to an activating group) is 1. The molecule has 1 aliphatic rings. The van der Waals surface area contributed by atoms with Crippen molar-refractivity contribution in [1.82, 2.24) is 25.1 Å². The maximum Gasteiger partial charge on any atom is 0.132 e. The quantitative estimate of drug-likeness (QED) is 0.752. The maximum absolute atomic E-state index is 6.02. The zero-order valence-corrected chi connectivity index (χ0v) is 17.2. The van der Waals surface area contributed by atoms with Gasteiger partial charge in [0.2, 0.25) is 0 Å². The molecule has 0 radical (unpaired) electrons. The number of anilines is 1. The van der Waals surface area contributed by atoms with Crippen molar-refractivity contribution in [2.75, 3.05) is 31.6 Å². The zero-order valence-electron chi connectivity index (χ0n) is 17.2. The molecule has 1 atom stereocenters. The predicted molar refractivity (Wildman–Crippen MR) is 112 cm³/mol. The molecular formula is C21H28N6O. The minimum atomic E-state index is -0.252. The van der Waals surface area contributed by atoms with Crippen molar-refractivity contribution in [3.05, 3.63) is 30.6 Å². The van der Waals surface area contributed by atoms with Crippen LogP contribution in [0.15, 0.2) is 30.6 Å². The molecule has 1 aromatic carbocycles. The van der Waals surface area contributed by atoms with E-state index in [1.54, 1.807) is 6.33 Å². The van der Waals surface area contributed by atoms with E-state index < -0.39 is 0 Å². The lowest BCUT2D eigenvalue weighted by Crippen LogP contribution is -2.50. The third kappa shape index (κ3) is 3.80. The summed E-state index contributed by atoms with van der Waals surface area (Å²) in [5.74, 6) is 1.77.